The molecule has 0 spiro atoms. The highest BCUT2D eigenvalue weighted by molar-refractivity contribution is 5.76. The van der Waals surface area contributed by atoms with E-state index < -0.39 is 11.9 Å². The number of ether oxygens (including phenoxy) is 1. The Balaban J connectivity index is 2.47. The minimum atomic E-state index is -0.892. The van der Waals surface area contributed by atoms with Gasteiger partial charge in [0.05, 0.1) is 18.6 Å². The van der Waals surface area contributed by atoms with E-state index in [-0.39, 0.29) is 18.6 Å². The summed E-state index contributed by atoms with van der Waals surface area (Å²) in [5, 5.41) is 8.79. The number of likely N-dealkylation sites (N-methyl/N-ethyl adjacent to an activating group) is 1. The molecular weight excluding hydrogens is 224 g/mol. The molecule has 1 aliphatic rings. The van der Waals surface area contributed by atoms with Crippen LogP contribution in [0.15, 0.2) is 0 Å². The Morgan fingerprint density at radius 3 is 2.59 bits per heavy atom. The van der Waals surface area contributed by atoms with Gasteiger partial charge >= 0.3 is 12.0 Å². The van der Waals surface area contributed by atoms with Crippen LogP contribution in [-0.2, 0) is 9.53 Å². The lowest BCUT2D eigenvalue weighted by Gasteiger charge is -2.29. The monoisotopic (exact) mass is 244 g/mol. The molecule has 0 saturated carbocycles. The second-order valence-electron chi connectivity index (χ2n) is 4.53. The van der Waals surface area contributed by atoms with Gasteiger partial charge in [-0.1, -0.05) is 6.92 Å². The van der Waals surface area contributed by atoms with E-state index in [1.165, 1.54) is 4.90 Å². The van der Waals surface area contributed by atoms with Crippen LogP contribution in [-0.4, -0.2) is 66.8 Å². The number of aliphatic carboxylic acids is 1. The highest BCUT2D eigenvalue weighted by Crippen LogP contribution is 2.12. The molecule has 0 radical (unpaired) electrons. The Morgan fingerprint density at radius 2 is 2.12 bits per heavy atom. The molecule has 0 aromatic rings. The number of hydrogen-bond donors (Lipinski definition) is 1. The van der Waals surface area contributed by atoms with Crippen molar-refractivity contribution in [3.05, 3.63) is 0 Å². The van der Waals surface area contributed by atoms with Gasteiger partial charge in [-0.3, -0.25) is 4.79 Å². The second kappa shape index (κ2) is 5.86. The smallest absolute Gasteiger partial charge is 0.319 e. The Bertz CT molecular complexity index is 289. The minimum absolute atomic E-state index is 0.102. The number of amides is 2. The summed E-state index contributed by atoms with van der Waals surface area (Å²) in [6.07, 6.45) is 0.838. The molecule has 1 fully saturated rings. The minimum Gasteiger partial charge on any atom is -0.481 e. The van der Waals surface area contributed by atoms with Crippen molar-refractivity contribution >= 4 is 12.0 Å². The molecule has 1 heterocycles. The molecule has 1 N–H and O–H groups in total. The highest BCUT2D eigenvalue weighted by atomic mass is 16.5. The van der Waals surface area contributed by atoms with Crippen LogP contribution in [0.3, 0.4) is 0 Å². The first-order chi connectivity index (χ1) is 7.93. The quantitative estimate of drug-likeness (QED) is 0.781. The average molecular weight is 244 g/mol. The Hall–Kier alpha value is -1.30. The third kappa shape index (κ3) is 3.59. The van der Waals surface area contributed by atoms with Crippen molar-refractivity contribution in [2.45, 2.75) is 19.4 Å². The van der Waals surface area contributed by atoms with Crippen LogP contribution in [0.1, 0.15) is 13.3 Å². The van der Waals surface area contributed by atoms with E-state index in [2.05, 4.69) is 0 Å². The first kappa shape index (κ1) is 13.8. The third-order valence-electron chi connectivity index (χ3n) is 3.05. The van der Waals surface area contributed by atoms with Gasteiger partial charge in [0.2, 0.25) is 0 Å². The van der Waals surface area contributed by atoms with Crippen LogP contribution < -0.4 is 0 Å². The van der Waals surface area contributed by atoms with E-state index >= 15 is 0 Å². The lowest BCUT2D eigenvalue weighted by Crippen LogP contribution is -2.46. The summed E-state index contributed by atoms with van der Waals surface area (Å²) in [5.74, 6) is -1.45. The number of urea groups is 1. The predicted octanol–water partition coefficient (Wildman–Crippen LogP) is 0.480. The number of rotatable bonds is 4. The molecule has 1 rings (SSSR count). The zero-order valence-electron chi connectivity index (χ0n) is 10.5. The molecule has 2 atom stereocenters. The third-order valence-corrected chi connectivity index (χ3v) is 3.05. The molecule has 6 nitrogen and oxygen atoms in total. The normalized spacial score (nSPS) is 21.0. The van der Waals surface area contributed by atoms with Crippen molar-refractivity contribution < 1.29 is 19.4 Å². The number of nitrogens with zero attached hydrogens (tertiary/aromatic N) is 2. The van der Waals surface area contributed by atoms with Crippen molar-refractivity contribution in [2.75, 3.05) is 33.9 Å². The summed E-state index contributed by atoms with van der Waals surface area (Å²) in [5.41, 5.74) is 0. The van der Waals surface area contributed by atoms with Crippen molar-refractivity contribution in [1.82, 2.24) is 9.80 Å². The van der Waals surface area contributed by atoms with Gasteiger partial charge in [0.25, 0.3) is 0 Å². The first-order valence-corrected chi connectivity index (χ1v) is 5.72. The second-order valence-corrected chi connectivity index (χ2v) is 4.53. The lowest BCUT2D eigenvalue weighted by atomic mass is 10.2. The van der Waals surface area contributed by atoms with Gasteiger partial charge in [0.15, 0.2) is 0 Å². The van der Waals surface area contributed by atoms with Gasteiger partial charge in [-0.15, -0.1) is 0 Å². The van der Waals surface area contributed by atoms with Gasteiger partial charge in [-0.2, -0.15) is 0 Å². The molecular formula is C11H20N2O4. The van der Waals surface area contributed by atoms with Crippen molar-refractivity contribution in [3.8, 4) is 0 Å². The number of carbonyl (C=O) groups excluding carboxylic acids is 1. The van der Waals surface area contributed by atoms with Crippen molar-refractivity contribution in [3.63, 3.8) is 0 Å². The zero-order valence-corrected chi connectivity index (χ0v) is 10.5. The summed E-state index contributed by atoms with van der Waals surface area (Å²) in [7, 11) is 3.34. The van der Waals surface area contributed by atoms with Crippen LogP contribution in [0.4, 0.5) is 4.79 Å². The SMILES string of the molecule is CC(CN(C)C(=O)N(C)C1CCOC1)C(=O)O. The highest BCUT2D eigenvalue weighted by Gasteiger charge is 2.27. The van der Waals surface area contributed by atoms with E-state index in [0.29, 0.717) is 13.2 Å². The number of carboxylic acid groups (broad SMARTS) is 1. The molecule has 1 saturated heterocycles. The van der Waals surface area contributed by atoms with Crippen molar-refractivity contribution in [1.29, 1.82) is 0 Å². The number of carbonyl (C=O) groups is 2. The summed E-state index contributed by atoms with van der Waals surface area (Å²) in [4.78, 5) is 25.8. The van der Waals surface area contributed by atoms with Gasteiger partial charge in [0.1, 0.15) is 0 Å². The maximum atomic E-state index is 12.0. The van der Waals surface area contributed by atoms with Crippen LogP contribution in [0.25, 0.3) is 0 Å². The predicted molar refractivity (Wildman–Crippen MR) is 61.8 cm³/mol. The molecule has 98 valence electrons. The maximum absolute atomic E-state index is 12.0. The molecule has 0 bridgehead atoms. The van der Waals surface area contributed by atoms with Crippen LogP contribution in [0.5, 0.6) is 0 Å². The molecule has 2 unspecified atom stereocenters. The van der Waals surface area contributed by atoms with E-state index in [1.54, 1.807) is 25.9 Å². The molecule has 0 aromatic carbocycles. The molecule has 6 heteroatoms. The average Bonchev–Trinajstić information content (AvgIpc) is 2.80. The summed E-state index contributed by atoms with van der Waals surface area (Å²) in [6.45, 7) is 3.04. The summed E-state index contributed by atoms with van der Waals surface area (Å²) in [6, 6.07) is -0.0568. The molecule has 0 aliphatic carbocycles. The molecule has 1 aliphatic heterocycles. The van der Waals surface area contributed by atoms with Crippen LogP contribution in [0.2, 0.25) is 0 Å². The zero-order chi connectivity index (χ0) is 13.0. The molecule has 2 amide bonds. The summed E-state index contributed by atoms with van der Waals surface area (Å²) >= 11 is 0. The fourth-order valence-electron chi connectivity index (χ4n) is 1.82. The molecule has 0 aromatic heterocycles. The standard InChI is InChI=1S/C11H20N2O4/c1-8(10(14)15)6-12(2)11(16)13(3)9-4-5-17-7-9/h8-9H,4-7H2,1-3H3,(H,14,15). The van der Waals surface area contributed by atoms with Crippen LogP contribution >= 0.6 is 0 Å². The van der Waals surface area contributed by atoms with E-state index in [4.69, 9.17) is 9.84 Å². The first-order valence-electron chi connectivity index (χ1n) is 5.72. The van der Waals surface area contributed by atoms with Crippen LogP contribution in [0, 0.1) is 5.92 Å². The van der Waals surface area contributed by atoms with Gasteiger partial charge < -0.3 is 19.6 Å². The van der Waals surface area contributed by atoms with E-state index in [1.807, 2.05) is 0 Å². The maximum Gasteiger partial charge on any atom is 0.319 e. The Morgan fingerprint density at radius 1 is 1.47 bits per heavy atom. The van der Waals surface area contributed by atoms with E-state index in [9.17, 15) is 9.59 Å². The Labute approximate surface area is 101 Å². The summed E-state index contributed by atoms with van der Waals surface area (Å²) < 4.78 is 5.22. The van der Waals surface area contributed by atoms with Gasteiger partial charge in [-0.05, 0) is 6.42 Å². The van der Waals surface area contributed by atoms with Gasteiger partial charge in [-0.25, -0.2) is 4.79 Å². The fourth-order valence-corrected chi connectivity index (χ4v) is 1.82. The van der Waals surface area contributed by atoms with E-state index in [0.717, 1.165) is 6.42 Å². The van der Waals surface area contributed by atoms with Crippen molar-refractivity contribution in [2.24, 2.45) is 5.92 Å². The topological polar surface area (TPSA) is 70.1 Å². The lowest BCUT2D eigenvalue weighted by molar-refractivity contribution is -0.141. The van der Waals surface area contributed by atoms with Gasteiger partial charge in [0, 0.05) is 27.2 Å². The Kier molecular flexibility index (Phi) is 4.74. The fraction of sp³-hybridized carbons (Fsp3) is 0.818. The number of hydrogen-bond acceptors (Lipinski definition) is 3. The molecule has 17 heavy (non-hydrogen) atoms. The largest absolute Gasteiger partial charge is 0.481 e. The number of carboxylic acids is 1.